The maximum Gasteiger partial charge on any atom is 0.290 e. The molecule has 0 saturated carbocycles. The number of rotatable bonds is 3. The van der Waals surface area contributed by atoms with Gasteiger partial charge < -0.3 is 9.32 Å². The van der Waals surface area contributed by atoms with Crippen LogP contribution in [0.2, 0.25) is 0 Å². The summed E-state index contributed by atoms with van der Waals surface area (Å²) < 4.78 is 20.1. The molecule has 140 valence electrons. The van der Waals surface area contributed by atoms with Crippen LogP contribution in [0.1, 0.15) is 34.4 Å². The van der Waals surface area contributed by atoms with E-state index in [4.69, 9.17) is 9.40 Å². The smallest absolute Gasteiger partial charge is 0.290 e. The lowest BCUT2D eigenvalue weighted by molar-refractivity contribution is 0.0704. The van der Waals surface area contributed by atoms with Crippen LogP contribution in [-0.4, -0.2) is 22.3 Å². The number of para-hydroxylation sites is 1. The molecule has 1 amide bonds. The molecular weight excluding hydrogens is 375 g/mol. The first-order valence-corrected chi connectivity index (χ1v) is 10.0. The zero-order chi connectivity index (χ0) is 19.1. The summed E-state index contributed by atoms with van der Waals surface area (Å²) in [6.45, 7) is 0.687. The molecule has 1 aliphatic heterocycles. The first kappa shape index (κ1) is 17.1. The van der Waals surface area contributed by atoms with Crippen molar-refractivity contribution in [3.8, 4) is 11.3 Å². The fourth-order valence-electron chi connectivity index (χ4n) is 3.66. The molecule has 1 fully saturated rings. The highest BCUT2D eigenvalue weighted by molar-refractivity contribution is 7.18. The predicted octanol–water partition coefficient (Wildman–Crippen LogP) is 5.67. The number of fused-ring (bicyclic) bond motifs is 1. The van der Waals surface area contributed by atoms with Gasteiger partial charge in [0.05, 0.1) is 16.3 Å². The van der Waals surface area contributed by atoms with E-state index in [1.807, 2.05) is 23.1 Å². The van der Waals surface area contributed by atoms with Crippen LogP contribution in [0.15, 0.2) is 65.1 Å². The van der Waals surface area contributed by atoms with Gasteiger partial charge >= 0.3 is 0 Å². The van der Waals surface area contributed by atoms with Gasteiger partial charge in [-0.25, -0.2) is 9.37 Å². The van der Waals surface area contributed by atoms with Crippen LogP contribution in [0, 0.1) is 5.82 Å². The molecule has 6 heteroatoms. The number of hydrogen-bond donors (Lipinski definition) is 0. The van der Waals surface area contributed by atoms with Gasteiger partial charge in [0, 0.05) is 12.1 Å². The molecule has 4 aromatic rings. The molecular formula is C22H17FN2O2S. The Morgan fingerprint density at radius 2 is 1.93 bits per heavy atom. The van der Waals surface area contributed by atoms with E-state index in [2.05, 4.69) is 6.07 Å². The van der Waals surface area contributed by atoms with Gasteiger partial charge in [0.1, 0.15) is 16.6 Å². The number of likely N-dealkylation sites (tertiary alicyclic amines) is 1. The van der Waals surface area contributed by atoms with Crippen molar-refractivity contribution in [2.24, 2.45) is 0 Å². The molecule has 2 aromatic carbocycles. The number of furan rings is 1. The summed E-state index contributed by atoms with van der Waals surface area (Å²) >= 11 is 1.64. The Kier molecular flexibility index (Phi) is 4.20. The lowest BCUT2D eigenvalue weighted by Crippen LogP contribution is -2.30. The Bertz CT molecular complexity index is 1120. The average Bonchev–Trinajstić information content (AvgIpc) is 3.46. The van der Waals surface area contributed by atoms with Crippen LogP contribution < -0.4 is 0 Å². The molecule has 0 radical (unpaired) electrons. The van der Waals surface area contributed by atoms with Gasteiger partial charge in [-0.2, -0.15) is 0 Å². The van der Waals surface area contributed by atoms with E-state index in [9.17, 15) is 9.18 Å². The fraction of sp³-hybridized carbons (Fsp3) is 0.182. The number of thiazole rings is 1. The number of carbonyl (C=O) groups excluding carboxylic acids is 1. The molecule has 0 bridgehead atoms. The predicted molar refractivity (Wildman–Crippen MR) is 107 cm³/mol. The van der Waals surface area contributed by atoms with Crippen LogP contribution in [0.5, 0.6) is 0 Å². The minimum absolute atomic E-state index is 0.0238. The normalized spacial score (nSPS) is 16.8. The number of amides is 1. The molecule has 0 aliphatic carbocycles. The summed E-state index contributed by atoms with van der Waals surface area (Å²) in [4.78, 5) is 19.7. The number of nitrogens with zero attached hydrogens (tertiary/aromatic N) is 2. The first-order valence-electron chi connectivity index (χ1n) is 9.21. The van der Waals surface area contributed by atoms with E-state index in [1.165, 1.54) is 12.1 Å². The molecule has 28 heavy (non-hydrogen) atoms. The third kappa shape index (κ3) is 2.99. The number of halogens is 1. The zero-order valence-electron chi connectivity index (χ0n) is 15.0. The number of benzene rings is 2. The van der Waals surface area contributed by atoms with Crippen LogP contribution in [0.25, 0.3) is 21.5 Å². The number of carbonyl (C=O) groups is 1. The first-order chi connectivity index (χ1) is 13.7. The summed E-state index contributed by atoms with van der Waals surface area (Å²) in [5, 5.41) is 0.970. The van der Waals surface area contributed by atoms with Crippen LogP contribution in [0.4, 0.5) is 4.39 Å². The van der Waals surface area contributed by atoms with Crippen LogP contribution in [0.3, 0.4) is 0 Å². The van der Waals surface area contributed by atoms with Crippen LogP contribution in [-0.2, 0) is 0 Å². The molecule has 3 heterocycles. The Morgan fingerprint density at radius 1 is 1.11 bits per heavy atom. The quantitative estimate of drug-likeness (QED) is 0.451. The molecule has 5 rings (SSSR count). The van der Waals surface area contributed by atoms with E-state index in [1.54, 1.807) is 35.6 Å². The molecule has 1 saturated heterocycles. The number of aromatic nitrogens is 1. The molecule has 1 aliphatic rings. The van der Waals surface area contributed by atoms with Gasteiger partial charge in [-0.15, -0.1) is 11.3 Å². The second-order valence-corrected chi connectivity index (χ2v) is 7.91. The maximum absolute atomic E-state index is 13.1. The maximum atomic E-state index is 13.1. The third-order valence-electron chi connectivity index (χ3n) is 5.05. The summed E-state index contributed by atoms with van der Waals surface area (Å²) in [5.74, 6) is 0.420. The van der Waals surface area contributed by atoms with Crippen molar-refractivity contribution in [3.63, 3.8) is 0 Å². The minimum Gasteiger partial charge on any atom is -0.451 e. The van der Waals surface area contributed by atoms with Gasteiger partial charge in [-0.1, -0.05) is 12.1 Å². The minimum atomic E-state index is -0.303. The van der Waals surface area contributed by atoms with Gasteiger partial charge in [0.2, 0.25) is 0 Å². The van der Waals surface area contributed by atoms with Crippen molar-refractivity contribution in [1.82, 2.24) is 9.88 Å². The number of hydrogen-bond acceptors (Lipinski definition) is 4. The second-order valence-electron chi connectivity index (χ2n) is 6.85. The highest BCUT2D eigenvalue weighted by atomic mass is 32.1. The van der Waals surface area contributed by atoms with Gasteiger partial charge in [0.15, 0.2) is 5.76 Å². The second kappa shape index (κ2) is 6.87. The van der Waals surface area contributed by atoms with E-state index in [0.29, 0.717) is 18.1 Å². The Hall–Kier alpha value is -2.99. The molecule has 0 N–H and O–H groups in total. The van der Waals surface area contributed by atoms with Crippen LogP contribution >= 0.6 is 11.3 Å². The fourth-order valence-corrected chi connectivity index (χ4v) is 4.78. The molecule has 1 unspecified atom stereocenters. The topological polar surface area (TPSA) is 46.3 Å². The lowest BCUT2D eigenvalue weighted by atomic mass is 10.2. The standard InChI is InChI=1S/C22H17FN2O2S/c23-15-9-7-14(8-10-15)18-11-12-19(27-18)22(26)25-13-3-5-17(25)21-24-16-4-1-2-6-20(16)28-21/h1-2,4,6-12,17H,3,5,13H2. The largest absolute Gasteiger partial charge is 0.451 e. The van der Waals surface area contributed by atoms with Crippen molar-refractivity contribution in [3.05, 3.63) is 77.2 Å². The summed E-state index contributed by atoms with van der Waals surface area (Å²) in [6, 6.07) is 17.5. The van der Waals surface area contributed by atoms with Crippen molar-refractivity contribution >= 4 is 27.5 Å². The Labute approximate surface area is 165 Å². The Balaban J connectivity index is 1.42. The van der Waals surface area contributed by atoms with Gasteiger partial charge in [-0.3, -0.25) is 4.79 Å². The van der Waals surface area contributed by atoms with E-state index in [-0.39, 0.29) is 17.8 Å². The van der Waals surface area contributed by atoms with E-state index >= 15 is 0 Å². The molecule has 4 nitrogen and oxygen atoms in total. The van der Waals surface area contributed by atoms with Crippen molar-refractivity contribution in [2.45, 2.75) is 18.9 Å². The SMILES string of the molecule is O=C(c1ccc(-c2ccc(F)cc2)o1)N1CCCC1c1nc2ccccc2s1. The van der Waals surface area contributed by atoms with Crippen molar-refractivity contribution in [1.29, 1.82) is 0 Å². The summed E-state index contributed by atoms with van der Waals surface area (Å²) in [6.07, 6.45) is 1.84. The van der Waals surface area contributed by atoms with Gasteiger partial charge in [-0.05, 0) is 61.4 Å². The third-order valence-corrected chi connectivity index (χ3v) is 6.19. The summed E-state index contributed by atoms with van der Waals surface area (Å²) in [5.41, 5.74) is 1.71. The lowest BCUT2D eigenvalue weighted by Gasteiger charge is -2.21. The van der Waals surface area contributed by atoms with E-state index in [0.717, 1.165) is 33.6 Å². The molecule has 0 spiro atoms. The monoisotopic (exact) mass is 392 g/mol. The average molecular weight is 392 g/mol. The van der Waals surface area contributed by atoms with Crippen molar-refractivity contribution in [2.75, 3.05) is 6.54 Å². The highest BCUT2D eigenvalue weighted by Gasteiger charge is 2.34. The van der Waals surface area contributed by atoms with E-state index < -0.39 is 0 Å². The summed E-state index contributed by atoms with van der Waals surface area (Å²) in [7, 11) is 0. The van der Waals surface area contributed by atoms with Crippen molar-refractivity contribution < 1.29 is 13.6 Å². The molecule has 1 atom stereocenters. The molecule has 2 aromatic heterocycles. The zero-order valence-corrected chi connectivity index (χ0v) is 15.8. The Morgan fingerprint density at radius 3 is 2.75 bits per heavy atom. The highest BCUT2D eigenvalue weighted by Crippen LogP contribution is 2.37. The van der Waals surface area contributed by atoms with Gasteiger partial charge in [0.25, 0.3) is 5.91 Å².